The van der Waals surface area contributed by atoms with Gasteiger partial charge in [0, 0.05) is 6.04 Å². The molecule has 0 aromatic carbocycles. The summed E-state index contributed by atoms with van der Waals surface area (Å²) in [4.78, 5) is 21.9. The van der Waals surface area contributed by atoms with Crippen LogP contribution in [-0.2, 0) is 4.79 Å². The summed E-state index contributed by atoms with van der Waals surface area (Å²) in [6.07, 6.45) is 0.920. The summed E-state index contributed by atoms with van der Waals surface area (Å²) < 4.78 is 0. The van der Waals surface area contributed by atoms with Gasteiger partial charge in [-0.1, -0.05) is 20.3 Å². The predicted octanol–water partition coefficient (Wildman–Crippen LogP) is 0.166. The Morgan fingerprint density at radius 1 is 1.25 bits per heavy atom. The largest absolute Gasteiger partial charge is 0.480 e. The molecule has 94 valence electrons. The third kappa shape index (κ3) is 4.97. The highest BCUT2D eigenvalue weighted by Gasteiger charge is 2.20. The number of urea groups is 1. The summed E-state index contributed by atoms with van der Waals surface area (Å²) in [5.74, 6) is -0.947. The lowest BCUT2D eigenvalue weighted by atomic mass is 10.0. The van der Waals surface area contributed by atoms with Gasteiger partial charge < -0.3 is 20.8 Å². The summed E-state index contributed by atoms with van der Waals surface area (Å²) in [6.45, 7) is 5.23. The number of hydrogen-bond donors (Lipinski definition) is 4. The molecule has 16 heavy (non-hydrogen) atoms. The van der Waals surface area contributed by atoms with Gasteiger partial charge in [-0.2, -0.15) is 0 Å². The summed E-state index contributed by atoms with van der Waals surface area (Å²) in [6, 6.07) is -1.88. The highest BCUT2D eigenvalue weighted by Crippen LogP contribution is 2.06. The van der Waals surface area contributed by atoms with Crippen LogP contribution in [0.3, 0.4) is 0 Å². The van der Waals surface area contributed by atoms with Crippen LogP contribution in [0.4, 0.5) is 4.79 Å². The fourth-order valence-electron chi connectivity index (χ4n) is 1.09. The summed E-state index contributed by atoms with van der Waals surface area (Å²) in [5, 5.41) is 22.1. The number of nitrogens with one attached hydrogen (secondary N) is 2. The first-order chi connectivity index (χ1) is 7.42. The molecular weight excluding hydrogens is 212 g/mol. The monoisotopic (exact) mass is 232 g/mol. The predicted molar refractivity (Wildman–Crippen MR) is 59.1 cm³/mol. The van der Waals surface area contributed by atoms with E-state index in [1.54, 1.807) is 0 Å². The second-order valence-corrected chi connectivity index (χ2v) is 3.87. The van der Waals surface area contributed by atoms with E-state index in [4.69, 9.17) is 10.2 Å². The topological polar surface area (TPSA) is 98.7 Å². The lowest BCUT2D eigenvalue weighted by molar-refractivity contribution is -0.140. The van der Waals surface area contributed by atoms with Crippen molar-refractivity contribution in [3.05, 3.63) is 0 Å². The number of aliphatic carboxylic acids is 1. The van der Waals surface area contributed by atoms with Gasteiger partial charge >= 0.3 is 12.0 Å². The molecule has 0 aromatic rings. The van der Waals surface area contributed by atoms with E-state index >= 15 is 0 Å². The van der Waals surface area contributed by atoms with Crippen molar-refractivity contribution in [2.75, 3.05) is 6.61 Å². The fraction of sp³-hybridized carbons (Fsp3) is 0.800. The highest BCUT2D eigenvalue weighted by atomic mass is 16.4. The normalized spacial score (nSPS) is 16.0. The van der Waals surface area contributed by atoms with Gasteiger partial charge in [0.1, 0.15) is 0 Å². The molecule has 4 N–H and O–H groups in total. The van der Waals surface area contributed by atoms with Gasteiger partial charge in [-0.25, -0.2) is 9.59 Å². The summed E-state index contributed by atoms with van der Waals surface area (Å²) >= 11 is 0. The summed E-state index contributed by atoms with van der Waals surface area (Å²) in [5.41, 5.74) is 0. The number of carbonyl (C=O) groups excluding carboxylic acids is 1. The van der Waals surface area contributed by atoms with Crippen LogP contribution in [-0.4, -0.2) is 40.9 Å². The van der Waals surface area contributed by atoms with Crippen LogP contribution in [0.5, 0.6) is 0 Å². The van der Waals surface area contributed by atoms with E-state index in [-0.39, 0.29) is 6.04 Å². The van der Waals surface area contributed by atoms with Crippen molar-refractivity contribution in [3.63, 3.8) is 0 Å². The van der Waals surface area contributed by atoms with Crippen molar-refractivity contribution in [2.24, 2.45) is 5.92 Å². The molecule has 2 unspecified atom stereocenters. The Labute approximate surface area is 95.0 Å². The first-order valence-electron chi connectivity index (χ1n) is 5.33. The number of carbonyl (C=O) groups is 2. The van der Waals surface area contributed by atoms with Crippen molar-refractivity contribution < 1.29 is 19.8 Å². The van der Waals surface area contributed by atoms with Crippen LogP contribution < -0.4 is 10.6 Å². The minimum absolute atomic E-state index is 0.0434. The van der Waals surface area contributed by atoms with Gasteiger partial charge in [-0.05, 0) is 12.8 Å². The molecule has 6 heteroatoms. The van der Waals surface area contributed by atoms with Crippen LogP contribution in [0.15, 0.2) is 0 Å². The summed E-state index contributed by atoms with van der Waals surface area (Å²) in [7, 11) is 0. The lowest BCUT2D eigenvalue weighted by Crippen LogP contribution is -2.51. The fourth-order valence-corrected chi connectivity index (χ4v) is 1.09. The molecule has 0 bridgehead atoms. The zero-order chi connectivity index (χ0) is 12.7. The second-order valence-electron chi connectivity index (χ2n) is 3.87. The number of carboxylic acids is 1. The van der Waals surface area contributed by atoms with Crippen LogP contribution in [0.2, 0.25) is 0 Å². The molecule has 3 atom stereocenters. The standard InChI is InChI=1S/C10H20N2O4/c1-4-6(2)7(3)11-10(16)12-8(5-13)9(14)15/h6-8,13H,4-5H2,1-3H3,(H,14,15)(H2,11,12,16)/t6?,7?,8-/m1/s1. The Kier molecular flexibility index (Phi) is 6.48. The molecule has 0 rings (SSSR count). The molecule has 0 aliphatic rings. The highest BCUT2D eigenvalue weighted by molar-refractivity contribution is 5.82. The molecule has 0 saturated heterocycles. The van der Waals surface area contributed by atoms with Crippen LogP contribution in [0.25, 0.3) is 0 Å². The van der Waals surface area contributed by atoms with Crippen LogP contribution in [0, 0.1) is 5.92 Å². The molecular formula is C10H20N2O4. The van der Waals surface area contributed by atoms with Crippen molar-refractivity contribution in [1.82, 2.24) is 10.6 Å². The molecule has 0 spiro atoms. The number of aliphatic hydroxyl groups is 1. The van der Waals surface area contributed by atoms with Crippen LogP contribution in [0.1, 0.15) is 27.2 Å². The smallest absolute Gasteiger partial charge is 0.328 e. The number of carboxylic acid groups (broad SMARTS) is 1. The Morgan fingerprint density at radius 3 is 2.19 bits per heavy atom. The van der Waals surface area contributed by atoms with Gasteiger partial charge in [-0.15, -0.1) is 0 Å². The average molecular weight is 232 g/mol. The van der Waals surface area contributed by atoms with E-state index < -0.39 is 24.6 Å². The quantitative estimate of drug-likeness (QED) is 0.524. The Hall–Kier alpha value is -1.30. The lowest BCUT2D eigenvalue weighted by Gasteiger charge is -2.21. The second kappa shape index (κ2) is 7.05. The first-order valence-corrected chi connectivity index (χ1v) is 5.33. The zero-order valence-electron chi connectivity index (χ0n) is 9.86. The number of aliphatic hydroxyl groups excluding tert-OH is 1. The van der Waals surface area contributed by atoms with Gasteiger partial charge in [0.15, 0.2) is 6.04 Å². The molecule has 0 aliphatic carbocycles. The number of hydrogen-bond acceptors (Lipinski definition) is 3. The average Bonchev–Trinajstić information content (AvgIpc) is 2.23. The minimum Gasteiger partial charge on any atom is -0.480 e. The van der Waals surface area contributed by atoms with E-state index in [9.17, 15) is 9.59 Å². The number of amides is 2. The third-order valence-corrected chi connectivity index (χ3v) is 2.64. The number of rotatable bonds is 6. The van der Waals surface area contributed by atoms with Crippen molar-refractivity contribution >= 4 is 12.0 Å². The van der Waals surface area contributed by atoms with Gasteiger partial charge in [0.25, 0.3) is 0 Å². The molecule has 0 saturated carbocycles. The molecule has 0 aromatic heterocycles. The minimum atomic E-state index is -1.26. The molecule has 0 heterocycles. The van der Waals surface area contributed by atoms with Gasteiger partial charge in [0.05, 0.1) is 6.61 Å². The SMILES string of the molecule is CCC(C)C(C)NC(=O)N[C@H](CO)C(=O)O. The first kappa shape index (κ1) is 14.7. The molecule has 0 aliphatic heterocycles. The molecule has 0 radical (unpaired) electrons. The van der Waals surface area contributed by atoms with Gasteiger partial charge in [-0.3, -0.25) is 0 Å². The Bertz CT molecular complexity index is 245. The Balaban J connectivity index is 4.12. The third-order valence-electron chi connectivity index (χ3n) is 2.64. The van der Waals surface area contributed by atoms with Crippen molar-refractivity contribution in [3.8, 4) is 0 Å². The maximum Gasteiger partial charge on any atom is 0.328 e. The van der Waals surface area contributed by atoms with E-state index in [0.717, 1.165) is 6.42 Å². The maximum atomic E-state index is 11.4. The van der Waals surface area contributed by atoms with E-state index in [2.05, 4.69) is 10.6 Å². The van der Waals surface area contributed by atoms with Gasteiger partial charge in [0.2, 0.25) is 0 Å². The van der Waals surface area contributed by atoms with Crippen molar-refractivity contribution in [1.29, 1.82) is 0 Å². The molecule has 2 amide bonds. The van der Waals surface area contributed by atoms with Crippen LogP contribution >= 0.6 is 0 Å². The van der Waals surface area contributed by atoms with Crippen molar-refractivity contribution in [2.45, 2.75) is 39.3 Å². The van der Waals surface area contributed by atoms with E-state index in [0.29, 0.717) is 5.92 Å². The Morgan fingerprint density at radius 2 is 1.81 bits per heavy atom. The maximum absolute atomic E-state index is 11.4. The van der Waals surface area contributed by atoms with E-state index in [1.807, 2.05) is 20.8 Å². The zero-order valence-corrected chi connectivity index (χ0v) is 9.86. The molecule has 6 nitrogen and oxygen atoms in total. The molecule has 0 fully saturated rings. The van der Waals surface area contributed by atoms with E-state index in [1.165, 1.54) is 0 Å².